The Hall–Kier alpha value is -1.81. The van der Waals surface area contributed by atoms with E-state index in [0.29, 0.717) is 6.54 Å². The van der Waals surface area contributed by atoms with E-state index in [-0.39, 0.29) is 0 Å². The topological polar surface area (TPSA) is 47.1 Å². The Morgan fingerprint density at radius 1 is 1.26 bits per heavy atom. The Morgan fingerprint density at radius 2 is 2.00 bits per heavy atom. The molecular weight excluding hydrogens is 236 g/mol. The molecule has 1 aromatic carbocycles. The van der Waals surface area contributed by atoms with Crippen LogP contribution in [0.2, 0.25) is 0 Å². The van der Waals surface area contributed by atoms with Crippen LogP contribution in [0.4, 0.5) is 5.95 Å². The van der Waals surface area contributed by atoms with E-state index in [1.165, 1.54) is 0 Å². The molecule has 0 atom stereocenters. The number of anilines is 1. The van der Waals surface area contributed by atoms with Gasteiger partial charge in [-0.25, -0.2) is 4.98 Å². The van der Waals surface area contributed by atoms with Crippen LogP contribution in [-0.4, -0.2) is 29.7 Å². The van der Waals surface area contributed by atoms with E-state index in [4.69, 9.17) is 10.7 Å². The van der Waals surface area contributed by atoms with E-state index in [9.17, 15) is 0 Å². The van der Waals surface area contributed by atoms with Gasteiger partial charge in [0.15, 0.2) is 0 Å². The second-order valence-corrected chi connectivity index (χ2v) is 4.66. The Kier molecular flexibility index (Phi) is 4.58. The molecule has 0 amide bonds. The molecule has 0 saturated carbocycles. The Morgan fingerprint density at radius 3 is 2.63 bits per heavy atom. The summed E-state index contributed by atoms with van der Waals surface area (Å²) in [7, 11) is 2.07. The van der Waals surface area contributed by atoms with Gasteiger partial charge in [0.05, 0.1) is 5.69 Å². The van der Waals surface area contributed by atoms with Gasteiger partial charge in [-0.2, -0.15) is 0 Å². The first-order valence-electron chi connectivity index (χ1n) is 6.81. The summed E-state index contributed by atoms with van der Waals surface area (Å²) >= 11 is 0. The molecule has 19 heavy (non-hydrogen) atoms. The predicted molar refractivity (Wildman–Crippen MR) is 79.9 cm³/mol. The normalized spacial score (nSPS) is 10.7. The summed E-state index contributed by atoms with van der Waals surface area (Å²) in [5, 5.41) is 0. The number of nitrogens with two attached hydrogens (primary N) is 1. The molecule has 0 unspecified atom stereocenters. The first-order chi connectivity index (χ1) is 9.26. The number of nitrogens with zero attached hydrogens (tertiary/aromatic N) is 3. The number of para-hydroxylation sites is 1. The first-order valence-corrected chi connectivity index (χ1v) is 6.81. The standard InChI is InChI=1S/C15H22N4/c1-3-13-12-19(14-8-5-4-6-9-14)15(17-13)18(2)11-7-10-16/h4-6,8-9,12H,3,7,10-11,16H2,1-2H3. The molecule has 0 fully saturated rings. The molecule has 4 heteroatoms. The summed E-state index contributed by atoms with van der Waals surface area (Å²) < 4.78 is 2.15. The lowest BCUT2D eigenvalue weighted by Gasteiger charge is -2.19. The molecule has 0 saturated heterocycles. The van der Waals surface area contributed by atoms with Crippen LogP contribution in [-0.2, 0) is 6.42 Å². The van der Waals surface area contributed by atoms with Crippen LogP contribution in [0.25, 0.3) is 5.69 Å². The van der Waals surface area contributed by atoms with Crippen LogP contribution >= 0.6 is 0 Å². The molecule has 0 aliphatic carbocycles. The minimum absolute atomic E-state index is 0.705. The van der Waals surface area contributed by atoms with Gasteiger partial charge >= 0.3 is 0 Å². The SMILES string of the molecule is CCc1cn(-c2ccccc2)c(N(C)CCCN)n1. The van der Waals surface area contributed by atoms with Gasteiger partial charge in [-0.05, 0) is 31.5 Å². The highest BCUT2D eigenvalue weighted by Gasteiger charge is 2.12. The molecule has 2 aromatic rings. The molecule has 0 aliphatic rings. The summed E-state index contributed by atoms with van der Waals surface area (Å²) in [5.41, 5.74) is 7.83. The summed E-state index contributed by atoms with van der Waals surface area (Å²) in [4.78, 5) is 6.87. The third-order valence-corrected chi connectivity index (χ3v) is 3.17. The minimum atomic E-state index is 0.705. The fourth-order valence-corrected chi connectivity index (χ4v) is 2.06. The van der Waals surface area contributed by atoms with E-state index in [2.05, 4.69) is 41.8 Å². The molecule has 0 aliphatic heterocycles. The van der Waals surface area contributed by atoms with Gasteiger partial charge in [0.1, 0.15) is 0 Å². The van der Waals surface area contributed by atoms with Crippen LogP contribution in [0.5, 0.6) is 0 Å². The lowest BCUT2D eigenvalue weighted by atomic mass is 10.3. The fourth-order valence-electron chi connectivity index (χ4n) is 2.06. The zero-order valence-electron chi connectivity index (χ0n) is 11.7. The summed E-state index contributed by atoms with van der Waals surface area (Å²) in [6.45, 7) is 3.75. The Bertz CT molecular complexity index is 504. The highest BCUT2D eigenvalue weighted by atomic mass is 15.3. The number of hydrogen-bond acceptors (Lipinski definition) is 3. The van der Waals surface area contributed by atoms with Crippen LogP contribution in [0, 0.1) is 0 Å². The number of aryl methyl sites for hydroxylation is 1. The molecule has 2 rings (SSSR count). The van der Waals surface area contributed by atoms with Crippen LogP contribution < -0.4 is 10.6 Å². The average Bonchev–Trinajstić information content (AvgIpc) is 2.90. The zero-order valence-corrected chi connectivity index (χ0v) is 11.7. The van der Waals surface area contributed by atoms with Crippen molar-refractivity contribution >= 4 is 5.95 Å². The Labute approximate surface area is 114 Å². The monoisotopic (exact) mass is 258 g/mol. The van der Waals surface area contributed by atoms with Crippen molar-refractivity contribution in [1.82, 2.24) is 9.55 Å². The Balaban J connectivity index is 2.34. The number of imidazole rings is 1. The smallest absolute Gasteiger partial charge is 0.210 e. The van der Waals surface area contributed by atoms with Crippen molar-refractivity contribution in [3.05, 3.63) is 42.2 Å². The van der Waals surface area contributed by atoms with Gasteiger partial charge in [-0.1, -0.05) is 25.1 Å². The maximum absolute atomic E-state index is 5.58. The lowest BCUT2D eigenvalue weighted by molar-refractivity contribution is 0.767. The molecule has 4 nitrogen and oxygen atoms in total. The van der Waals surface area contributed by atoms with Crippen LogP contribution in [0.1, 0.15) is 19.0 Å². The molecule has 1 heterocycles. The van der Waals surface area contributed by atoms with E-state index in [1.807, 2.05) is 18.2 Å². The van der Waals surface area contributed by atoms with Crippen molar-refractivity contribution in [3.8, 4) is 5.69 Å². The van der Waals surface area contributed by atoms with Crippen molar-refractivity contribution in [2.75, 3.05) is 25.0 Å². The van der Waals surface area contributed by atoms with Crippen molar-refractivity contribution in [2.24, 2.45) is 5.73 Å². The van der Waals surface area contributed by atoms with Crippen molar-refractivity contribution in [1.29, 1.82) is 0 Å². The molecule has 2 N–H and O–H groups in total. The largest absolute Gasteiger partial charge is 0.345 e. The van der Waals surface area contributed by atoms with Gasteiger partial charge in [0.25, 0.3) is 0 Å². The molecule has 0 radical (unpaired) electrons. The molecule has 1 aromatic heterocycles. The molecule has 0 bridgehead atoms. The summed E-state index contributed by atoms with van der Waals surface area (Å²) in [6, 6.07) is 10.3. The number of benzene rings is 1. The number of rotatable bonds is 6. The second kappa shape index (κ2) is 6.38. The third kappa shape index (κ3) is 3.15. The number of hydrogen-bond donors (Lipinski definition) is 1. The molecular formula is C15H22N4. The van der Waals surface area contributed by atoms with Crippen molar-refractivity contribution in [3.63, 3.8) is 0 Å². The van der Waals surface area contributed by atoms with E-state index in [0.717, 1.165) is 36.7 Å². The second-order valence-electron chi connectivity index (χ2n) is 4.66. The minimum Gasteiger partial charge on any atom is -0.345 e. The fraction of sp³-hybridized carbons (Fsp3) is 0.400. The van der Waals surface area contributed by atoms with Crippen molar-refractivity contribution in [2.45, 2.75) is 19.8 Å². The average molecular weight is 258 g/mol. The quantitative estimate of drug-likeness (QED) is 0.864. The first kappa shape index (κ1) is 13.6. The number of aromatic nitrogens is 2. The van der Waals surface area contributed by atoms with E-state index >= 15 is 0 Å². The van der Waals surface area contributed by atoms with Crippen LogP contribution in [0.15, 0.2) is 36.5 Å². The van der Waals surface area contributed by atoms with Crippen molar-refractivity contribution < 1.29 is 0 Å². The van der Waals surface area contributed by atoms with Gasteiger partial charge in [0, 0.05) is 25.5 Å². The molecule has 102 valence electrons. The summed E-state index contributed by atoms with van der Waals surface area (Å²) in [5.74, 6) is 0.983. The van der Waals surface area contributed by atoms with Gasteiger partial charge in [-0.3, -0.25) is 4.57 Å². The predicted octanol–water partition coefficient (Wildman–Crippen LogP) is 2.22. The van der Waals surface area contributed by atoms with Crippen LogP contribution in [0.3, 0.4) is 0 Å². The van der Waals surface area contributed by atoms with Gasteiger partial charge in [0.2, 0.25) is 5.95 Å². The van der Waals surface area contributed by atoms with Gasteiger partial charge < -0.3 is 10.6 Å². The third-order valence-electron chi connectivity index (χ3n) is 3.17. The maximum Gasteiger partial charge on any atom is 0.210 e. The summed E-state index contributed by atoms with van der Waals surface area (Å²) in [6.07, 6.45) is 4.03. The van der Waals surface area contributed by atoms with Gasteiger partial charge in [-0.15, -0.1) is 0 Å². The lowest BCUT2D eigenvalue weighted by Crippen LogP contribution is -2.24. The highest BCUT2D eigenvalue weighted by molar-refractivity contribution is 5.44. The van der Waals surface area contributed by atoms with E-state index in [1.54, 1.807) is 0 Å². The maximum atomic E-state index is 5.58. The van der Waals surface area contributed by atoms with E-state index < -0.39 is 0 Å². The molecule has 0 spiro atoms. The highest BCUT2D eigenvalue weighted by Crippen LogP contribution is 2.19. The zero-order chi connectivity index (χ0) is 13.7.